The van der Waals surface area contributed by atoms with Crippen LogP contribution in [-0.2, 0) is 5.75 Å². The van der Waals surface area contributed by atoms with Gasteiger partial charge >= 0.3 is 0 Å². The molecule has 19 heavy (non-hydrogen) atoms. The van der Waals surface area contributed by atoms with Gasteiger partial charge in [-0.25, -0.2) is 0 Å². The lowest BCUT2D eigenvalue weighted by Gasteiger charge is -2.26. The minimum atomic E-state index is -0.0678. The van der Waals surface area contributed by atoms with Gasteiger partial charge in [0.05, 0.1) is 0 Å². The first-order valence-corrected chi connectivity index (χ1v) is 8.13. The summed E-state index contributed by atoms with van der Waals surface area (Å²) in [5.41, 5.74) is 2.36. The van der Waals surface area contributed by atoms with Crippen LogP contribution >= 0.6 is 11.8 Å². The van der Waals surface area contributed by atoms with Gasteiger partial charge in [-0.05, 0) is 30.4 Å². The van der Waals surface area contributed by atoms with Crippen LogP contribution in [0.5, 0.6) is 0 Å². The number of hydrogen-bond acceptors (Lipinski definition) is 2. The summed E-state index contributed by atoms with van der Waals surface area (Å²) in [4.78, 5) is 0. The smallest absolute Gasteiger partial charge is 0.104 e. The van der Waals surface area contributed by atoms with Crippen molar-refractivity contribution in [2.75, 3.05) is 6.61 Å². The summed E-state index contributed by atoms with van der Waals surface area (Å²) < 4.78 is 0. The fraction of sp³-hybridized carbons (Fsp3) is 0.529. The molecule has 1 N–H and O–H groups in total. The Morgan fingerprint density at radius 1 is 1.32 bits per heavy atom. The van der Waals surface area contributed by atoms with Gasteiger partial charge in [0.1, 0.15) is 6.61 Å². The van der Waals surface area contributed by atoms with Crippen LogP contribution < -0.4 is 0 Å². The lowest BCUT2D eigenvalue weighted by atomic mass is 9.91. The molecular weight excluding hydrogens is 252 g/mol. The number of hydrogen-bond donors (Lipinski definition) is 1. The highest BCUT2D eigenvalue weighted by Crippen LogP contribution is 2.33. The molecule has 0 saturated heterocycles. The van der Waals surface area contributed by atoms with E-state index in [1.807, 2.05) is 12.1 Å². The van der Waals surface area contributed by atoms with E-state index >= 15 is 0 Å². The molecule has 2 unspecified atom stereocenters. The van der Waals surface area contributed by atoms with Gasteiger partial charge in [0.2, 0.25) is 0 Å². The topological polar surface area (TPSA) is 20.2 Å². The van der Waals surface area contributed by atoms with Gasteiger partial charge in [-0.1, -0.05) is 49.8 Å². The van der Waals surface area contributed by atoms with Crippen molar-refractivity contribution in [1.82, 2.24) is 0 Å². The van der Waals surface area contributed by atoms with Gasteiger partial charge in [-0.15, -0.1) is 0 Å². The van der Waals surface area contributed by atoms with Crippen LogP contribution in [0, 0.1) is 17.8 Å². The molecule has 0 heterocycles. The average Bonchev–Trinajstić information content (AvgIpc) is 2.44. The Labute approximate surface area is 120 Å². The van der Waals surface area contributed by atoms with Crippen molar-refractivity contribution in [1.29, 1.82) is 0 Å². The molecule has 1 aromatic rings. The molecule has 0 amide bonds. The molecule has 1 fully saturated rings. The predicted octanol–water partition coefficient (Wildman–Crippen LogP) is 3.84. The summed E-state index contributed by atoms with van der Waals surface area (Å²) >= 11 is 2.07. The molecular formula is C17H22OS. The highest BCUT2D eigenvalue weighted by molar-refractivity contribution is 7.99. The van der Waals surface area contributed by atoms with E-state index < -0.39 is 0 Å². The Kier molecular flexibility index (Phi) is 5.82. The Morgan fingerprint density at radius 3 is 2.95 bits per heavy atom. The van der Waals surface area contributed by atoms with Crippen molar-refractivity contribution in [3.05, 3.63) is 35.4 Å². The van der Waals surface area contributed by atoms with E-state index in [0.29, 0.717) is 0 Å². The maximum Gasteiger partial charge on any atom is 0.104 e. The summed E-state index contributed by atoms with van der Waals surface area (Å²) in [6, 6.07) is 8.28. The SMILES string of the molecule is CC1CCCC(SCc2ccccc2C#CCO)C1. The largest absolute Gasteiger partial charge is 0.384 e. The molecule has 1 aliphatic rings. The maximum atomic E-state index is 8.80. The zero-order chi connectivity index (χ0) is 13.5. The Bertz CT molecular complexity index is 458. The number of benzene rings is 1. The van der Waals surface area contributed by atoms with Crippen LogP contribution in [0.4, 0.5) is 0 Å². The summed E-state index contributed by atoms with van der Waals surface area (Å²) in [5.74, 6) is 7.71. The number of aliphatic hydroxyl groups excluding tert-OH is 1. The maximum absolute atomic E-state index is 8.80. The Morgan fingerprint density at radius 2 is 2.16 bits per heavy atom. The molecule has 1 nitrogen and oxygen atoms in total. The van der Waals surface area contributed by atoms with Crippen molar-refractivity contribution in [2.45, 2.75) is 43.6 Å². The van der Waals surface area contributed by atoms with Crippen LogP contribution in [-0.4, -0.2) is 17.0 Å². The molecule has 0 bridgehead atoms. The van der Waals surface area contributed by atoms with Crippen molar-refractivity contribution in [3.8, 4) is 11.8 Å². The summed E-state index contributed by atoms with van der Waals surface area (Å²) in [6.45, 7) is 2.30. The Balaban J connectivity index is 1.95. The van der Waals surface area contributed by atoms with Crippen LogP contribution in [0.25, 0.3) is 0 Å². The molecule has 0 aliphatic heterocycles. The predicted molar refractivity (Wildman–Crippen MR) is 83.1 cm³/mol. The zero-order valence-electron chi connectivity index (χ0n) is 11.6. The van der Waals surface area contributed by atoms with Gasteiger partial charge in [0, 0.05) is 16.6 Å². The third-order valence-corrected chi connectivity index (χ3v) is 5.06. The van der Waals surface area contributed by atoms with Crippen molar-refractivity contribution >= 4 is 11.8 Å². The molecule has 0 spiro atoms. The fourth-order valence-electron chi connectivity index (χ4n) is 2.64. The number of aliphatic hydroxyl groups is 1. The monoisotopic (exact) mass is 274 g/mol. The second-order valence-electron chi connectivity index (χ2n) is 5.32. The molecule has 2 rings (SSSR count). The molecule has 2 heteroatoms. The summed E-state index contributed by atoms with van der Waals surface area (Å²) in [5, 5.41) is 9.61. The lowest BCUT2D eigenvalue weighted by molar-refractivity contribution is 0.350. The molecule has 102 valence electrons. The van der Waals surface area contributed by atoms with Crippen LogP contribution in [0.15, 0.2) is 24.3 Å². The van der Waals surface area contributed by atoms with Crippen LogP contribution in [0.2, 0.25) is 0 Å². The first-order chi connectivity index (χ1) is 9.29. The Hall–Kier alpha value is -0.910. The minimum absolute atomic E-state index is 0.0678. The number of rotatable bonds is 3. The standard InChI is InChI=1S/C17H22OS/c1-14-6-4-10-17(12-14)19-13-16-8-3-2-7-15(16)9-5-11-18/h2-3,7-8,14,17-18H,4,6,10-13H2,1H3. The normalized spacial score (nSPS) is 22.6. The van der Waals surface area contributed by atoms with E-state index in [0.717, 1.165) is 22.5 Å². The van der Waals surface area contributed by atoms with E-state index in [-0.39, 0.29) is 6.61 Å². The third-order valence-electron chi connectivity index (χ3n) is 3.68. The molecule has 0 radical (unpaired) electrons. The van der Waals surface area contributed by atoms with E-state index in [4.69, 9.17) is 5.11 Å². The lowest BCUT2D eigenvalue weighted by Crippen LogP contribution is -2.15. The zero-order valence-corrected chi connectivity index (χ0v) is 12.4. The third kappa shape index (κ3) is 4.60. The van der Waals surface area contributed by atoms with Crippen molar-refractivity contribution in [3.63, 3.8) is 0 Å². The first kappa shape index (κ1) is 14.5. The van der Waals surface area contributed by atoms with Crippen molar-refractivity contribution < 1.29 is 5.11 Å². The minimum Gasteiger partial charge on any atom is -0.384 e. The molecule has 1 aliphatic carbocycles. The number of thioether (sulfide) groups is 1. The molecule has 1 saturated carbocycles. The van der Waals surface area contributed by atoms with E-state index in [9.17, 15) is 0 Å². The first-order valence-electron chi connectivity index (χ1n) is 7.09. The van der Waals surface area contributed by atoms with Crippen LogP contribution in [0.3, 0.4) is 0 Å². The van der Waals surface area contributed by atoms with Gasteiger partial charge < -0.3 is 5.11 Å². The highest BCUT2D eigenvalue weighted by Gasteiger charge is 2.19. The highest BCUT2D eigenvalue weighted by atomic mass is 32.2. The second kappa shape index (κ2) is 7.62. The van der Waals surface area contributed by atoms with E-state index in [1.54, 1.807) is 0 Å². The fourth-order valence-corrected chi connectivity index (χ4v) is 4.11. The van der Waals surface area contributed by atoms with Gasteiger partial charge in [-0.3, -0.25) is 0 Å². The van der Waals surface area contributed by atoms with Gasteiger partial charge in [0.25, 0.3) is 0 Å². The molecule has 0 aromatic heterocycles. The van der Waals surface area contributed by atoms with Crippen LogP contribution in [0.1, 0.15) is 43.7 Å². The quantitative estimate of drug-likeness (QED) is 0.845. The summed E-state index contributed by atoms with van der Waals surface area (Å²) in [7, 11) is 0. The summed E-state index contributed by atoms with van der Waals surface area (Å²) in [6.07, 6.45) is 5.50. The molecule has 2 atom stereocenters. The van der Waals surface area contributed by atoms with E-state index in [1.165, 1.54) is 31.2 Å². The van der Waals surface area contributed by atoms with E-state index in [2.05, 4.69) is 42.7 Å². The van der Waals surface area contributed by atoms with Gasteiger partial charge in [0.15, 0.2) is 0 Å². The van der Waals surface area contributed by atoms with Crippen molar-refractivity contribution in [2.24, 2.45) is 5.92 Å². The van der Waals surface area contributed by atoms with Gasteiger partial charge in [-0.2, -0.15) is 11.8 Å². The molecule has 1 aromatic carbocycles. The second-order valence-corrected chi connectivity index (χ2v) is 6.61. The average molecular weight is 274 g/mol.